The molecule has 0 aliphatic heterocycles. The number of nitrogens with zero attached hydrogens (tertiary/aromatic N) is 4. The third-order valence-corrected chi connectivity index (χ3v) is 4.50. The first-order valence-electron chi connectivity index (χ1n) is 7.58. The fraction of sp³-hybridized carbons (Fsp3) is 0.250. The molecule has 0 aliphatic rings. The Labute approximate surface area is 143 Å². The van der Waals surface area contributed by atoms with Crippen LogP contribution in [0.15, 0.2) is 48.1 Å². The number of rotatable bonds is 5. The molecule has 0 fully saturated rings. The second-order valence-corrected chi connectivity index (χ2v) is 6.62. The molecule has 1 unspecified atom stereocenters. The zero-order chi connectivity index (χ0) is 16.9. The highest BCUT2D eigenvalue weighted by Crippen LogP contribution is 2.25. The largest absolute Gasteiger partial charge is 0.330 e. The Morgan fingerprint density at radius 2 is 2.00 bits per heavy atom. The number of thiophene rings is 1. The minimum absolute atomic E-state index is 0.00880. The van der Waals surface area contributed by atoms with Crippen LogP contribution in [-0.4, -0.2) is 26.2 Å². The Kier molecular flexibility index (Phi) is 4.85. The first-order chi connectivity index (χ1) is 11.6. The summed E-state index contributed by atoms with van der Waals surface area (Å²) < 4.78 is 1.55. The van der Waals surface area contributed by atoms with Crippen LogP contribution >= 0.6 is 11.3 Å². The molecule has 0 radical (unpaired) electrons. The normalized spacial score (nSPS) is 12.1. The monoisotopic (exact) mass is 342 g/mol. The average Bonchev–Trinajstić information content (AvgIpc) is 3.26. The molecule has 8 heteroatoms. The molecule has 0 spiro atoms. The lowest BCUT2D eigenvalue weighted by Crippen LogP contribution is -2.34. The lowest BCUT2D eigenvalue weighted by atomic mass is 10.0. The second kappa shape index (κ2) is 7.22. The Bertz CT molecular complexity index is 768. The van der Waals surface area contributed by atoms with E-state index < -0.39 is 0 Å². The number of anilines is 1. The Hall–Kier alpha value is -2.74. The molecule has 0 saturated heterocycles. The summed E-state index contributed by atoms with van der Waals surface area (Å²) in [5, 5.41) is 18.9. The predicted molar refractivity (Wildman–Crippen MR) is 93.2 cm³/mol. The van der Waals surface area contributed by atoms with E-state index in [0.717, 1.165) is 10.6 Å². The topological polar surface area (TPSA) is 84.7 Å². The summed E-state index contributed by atoms with van der Waals surface area (Å²) in [6.45, 7) is 4.18. The molecule has 24 heavy (non-hydrogen) atoms. The van der Waals surface area contributed by atoms with Crippen LogP contribution in [0.4, 0.5) is 10.5 Å². The van der Waals surface area contributed by atoms with Crippen molar-refractivity contribution in [1.29, 1.82) is 0 Å². The summed E-state index contributed by atoms with van der Waals surface area (Å²) >= 11 is 1.64. The number of nitrogens with one attached hydrogen (secondary N) is 2. The Morgan fingerprint density at radius 3 is 2.58 bits per heavy atom. The number of carbonyl (C=O) groups excluding carboxylic acids is 1. The lowest BCUT2D eigenvalue weighted by molar-refractivity contribution is 0.245. The van der Waals surface area contributed by atoms with Gasteiger partial charge in [0.25, 0.3) is 0 Å². The quantitative estimate of drug-likeness (QED) is 0.745. The molecule has 0 bridgehead atoms. The van der Waals surface area contributed by atoms with E-state index in [1.807, 2.05) is 41.8 Å². The fourth-order valence-electron chi connectivity index (χ4n) is 2.32. The van der Waals surface area contributed by atoms with E-state index in [1.165, 1.54) is 6.33 Å². The molecule has 1 atom stereocenters. The van der Waals surface area contributed by atoms with Gasteiger partial charge in [-0.2, -0.15) is 0 Å². The van der Waals surface area contributed by atoms with Crippen molar-refractivity contribution in [2.45, 2.75) is 19.9 Å². The minimum atomic E-state index is -0.225. The highest BCUT2D eigenvalue weighted by Gasteiger charge is 2.19. The van der Waals surface area contributed by atoms with E-state index >= 15 is 0 Å². The number of carbonyl (C=O) groups is 1. The predicted octanol–water partition coefficient (Wildman–Crippen LogP) is 3.24. The van der Waals surface area contributed by atoms with Crippen molar-refractivity contribution in [3.8, 4) is 5.69 Å². The molecule has 3 rings (SSSR count). The molecule has 2 amide bonds. The van der Waals surface area contributed by atoms with E-state index in [9.17, 15) is 4.79 Å². The van der Waals surface area contributed by atoms with Crippen molar-refractivity contribution in [3.63, 3.8) is 0 Å². The van der Waals surface area contributed by atoms with Gasteiger partial charge in [-0.15, -0.1) is 16.4 Å². The smallest absolute Gasteiger partial charge is 0.319 e. The number of hydrogen-bond donors (Lipinski definition) is 2. The van der Waals surface area contributed by atoms with Crippen LogP contribution in [0.25, 0.3) is 5.69 Å². The molecular weight excluding hydrogens is 324 g/mol. The van der Waals surface area contributed by atoms with E-state index in [-0.39, 0.29) is 12.1 Å². The van der Waals surface area contributed by atoms with Crippen LogP contribution in [0, 0.1) is 5.92 Å². The van der Waals surface area contributed by atoms with Gasteiger partial charge < -0.3 is 10.6 Å². The van der Waals surface area contributed by atoms with Crippen LogP contribution in [0.1, 0.15) is 24.8 Å². The van der Waals surface area contributed by atoms with Gasteiger partial charge in [0.2, 0.25) is 0 Å². The second-order valence-electron chi connectivity index (χ2n) is 5.64. The van der Waals surface area contributed by atoms with E-state index in [1.54, 1.807) is 16.0 Å². The van der Waals surface area contributed by atoms with Crippen LogP contribution in [0.5, 0.6) is 0 Å². The number of tetrazole rings is 1. The molecule has 7 nitrogen and oxygen atoms in total. The fourth-order valence-corrected chi connectivity index (χ4v) is 3.27. The standard InChI is InChI=1S/C16H18N6OS/c1-11(2)15(14-4-3-9-24-14)19-16(23)18-12-5-7-13(8-6-12)22-10-17-20-21-22/h3-11,15H,1-2H3,(H2,18,19,23). The molecule has 2 heterocycles. The van der Waals surface area contributed by atoms with Gasteiger partial charge in [0.05, 0.1) is 11.7 Å². The Balaban J connectivity index is 1.64. The maximum Gasteiger partial charge on any atom is 0.319 e. The molecule has 1 aromatic carbocycles. The third kappa shape index (κ3) is 3.77. The number of hydrogen-bond acceptors (Lipinski definition) is 5. The van der Waals surface area contributed by atoms with Gasteiger partial charge in [-0.3, -0.25) is 0 Å². The maximum absolute atomic E-state index is 12.3. The average molecular weight is 342 g/mol. The van der Waals surface area contributed by atoms with Gasteiger partial charge in [0.15, 0.2) is 0 Å². The molecule has 3 aromatic rings. The minimum Gasteiger partial charge on any atom is -0.330 e. The SMILES string of the molecule is CC(C)C(NC(=O)Nc1ccc(-n2cnnn2)cc1)c1cccs1. The van der Waals surface area contributed by atoms with Crippen molar-refractivity contribution in [2.75, 3.05) is 5.32 Å². The highest BCUT2D eigenvalue weighted by molar-refractivity contribution is 7.10. The number of urea groups is 1. The summed E-state index contributed by atoms with van der Waals surface area (Å²) in [5.74, 6) is 0.302. The van der Waals surface area contributed by atoms with Crippen LogP contribution < -0.4 is 10.6 Å². The van der Waals surface area contributed by atoms with Crippen molar-refractivity contribution in [3.05, 3.63) is 53.0 Å². The zero-order valence-electron chi connectivity index (χ0n) is 13.4. The number of benzene rings is 1. The summed E-state index contributed by atoms with van der Waals surface area (Å²) in [4.78, 5) is 13.4. The maximum atomic E-state index is 12.3. The molecule has 0 saturated carbocycles. The van der Waals surface area contributed by atoms with Crippen LogP contribution in [-0.2, 0) is 0 Å². The van der Waals surface area contributed by atoms with Crippen molar-refractivity contribution in [2.24, 2.45) is 5.92 Å². The van der Waals surface area contributed by atoms with Gasteiger partial charge in [-0.1, -0.05) is 19.9 Å². The molecular formula is C16H18N6OS. The van der Waals surface area contributed by atoms with E-state index in [0.29, 0.717) is 11.6 Å². The number of amides is 2. The molecule has 124 valence electrons. The summed E-state index contributed by atoms with van der Waals surface area (Å²) in [7, 11) is 0. The zero-order valence-corrected chi connectivity index (χ0v) is 14.2. The summed E-state index contributed by atoms with van der Waals surface area (Å²) in [5.41, 5.74) is 1.53. The van der Waals surface area contributed by atoms with E-state index in [2.05, 4.69) is 40.0 Å². The van der Waals surface area contributed by atoms with Crippen molar-refractivity contribution >= 4 is 23.1 Å². The highest BCUT2D eigenvalue weighted by atomic mass is 32.1. The van der Waals surface area contributed by atoms with Gasteiger partial charge in [-0.05, 0) is 52.1 Å². The van der Waals surface area contributed by atoms with Crippen molar-refractivity contribution in [1.82, 2.24) is 25.5 Å². The van der Waals surface area contributed by atoms with Gasteiger partial charge >= 0.3 is 6.03 Å². The lowest BCUT2D eigenvalue weighted by Gasteiger charge is -2.21. The van der Waals surface area contributed by atoms with E-state index in [4.69, 9.17) is 0 Å². The van der Waals surface area contributed by atoms with Crippen LogP contribution in [0.2, 0.25) is 0 Å². The van der Waals surface area contributed by atoms with Gasteiger partial charge in [-0.25, -0.2) is 9.48 Å². The summed E-state index contributed by atoms with van der Waals surface area (Å²) in [6, 6.07) is 11.1. The van der Waals surface area contributed by atoms with Gasteiger partial charge in [0, 0.05) is 10.6 Å². The molecule has 2 aromatic heterocycles. The molecule has 2 N–H and O–H groups in total. The first-order valence-corrected chi connectivity index (χ1v) is 8.46. The van der Waals surface area contributed by atoms with Crippen molar-refractivity contribution < 1.29 is 4.79 Å². The number of aromatic nitrogens is 4. The Morgan fingerprint density at radius 1 is 1.21 bits per heavy atom. The summed E-state index contributed by atoms with van der Waals surface area (Å²) in [6.07, 6.45) is 1.52. The first kappa shape index (κ1) is 16.1. The van der Waals surface area contributed by atoms with Gasteiger partial charge in [0.1, 0.15) is 6.33 Å². The third-order valence-electron chi connectivity index (χ3n) is 3.54. The molecule has 0 aliphatic carbocycles. The van der Waals surface area contributed by atoms with Crippen LogP contribution in [0.3, 0.4) is 0 Å².